The van der Waals surface area contributed by atoms with Crippen molar-refractivity contribution in [2.45, 2.75) is 32.0 Å². The number of ether oxygens (including phenoxy) is 2. The van der Waals surface area contributed by atoms with Gasteiger partial charge in [0.05, 0.1) is 31.5 Å². The maximum absolute atomic E-state index is 14.7. The molecule has 1 aromatic heterocycles. The molecule has 0 aliphatic carbocycles. The van der Waals surface area contributed by atoms with Crippen LogP contribution in [-0.4, -0.2) is 47.7 Å². The lowest BCUT2D eigenvalue weighted by atomic mass is 9.92. The van der Waals surface area contributed by atoms with Crippen LogP contribution >= 0.6 is 0 Å². The van der Waals surface area contributed by atoms with E-state index in [4.69, 9.17) is 4.74 Å². The minimum absolute atomic E-state index is 0.119. The summed E-state index contributed by atoms with van der Waals surface area (Å²) < 4.78 is 24.4. The van der Waals surface area contributed by atoms with Gasteiger partial charge >= 0.3 is 12.1 Å². The molecule has 0 atom stereocenters. The highest BCUT2D eigenvalue weighted by atomic mass is 19.1. The van der Waals surface area contributed by atoms with Crippen LogP contribution < -0.4 is 0 Å². The second kappa shape index (κ2) is 5.55. The van der Waals surface area contributed by atoms with Crippen LogP contribution in [0.4, 0.5) is 9.18 Å². The Morgan fingerprint density at radius 2 is 1.95 bits per heavy atom. The number of amides is 1. The van der Waals surface area contributed by atoms with Crippen molar-refractivity contribution in [1.82, 2.24) is 9.88 Å². The number of halogens is 1. The quantitative estimate of drug-likeness (QED) is 0.784. The Morgan fingerprint density at radius 1 is 1.32 bits per heavy atom. The van der Waals surface area contributed by atoms with Crippen LogP contribution in [0.2, 0.25) is 0 Å². The summed E-state index contributed by atoms with van der Waals surface area (Å²) in [7, 11) is 1.26. The summed E-state index contributed by atoms with van der Waals surface area (Å²) in [6.45, 7) is 5.01. The molecule has 0 aromatic carbocycles. The third kappa shape index (κ3) is 3.35. The molecule has 0 spiro atoms. The highest BCUT2D eigenvalue weighted by Crippen LogP contribution is 2.35. The van der Waals surface area contributed by atoms with Gasteiger partial charge in [0.1, 0.15) is 5.60 Å². The number of carbonyl (C=O) groups is 2. The SMILES string of the molecule is COC(=O)c1ccc(C2(F)CN(C(=O)OC(C)(C)C)C2)nc1. The number of hydrogen-bond donors (Lipinski definition) is 0. The first-order chi connectivity index (χ1) is 10.1. The molecule has 6 nitrogen and oxygen atoms in total. The van der Waals surface area contributed by atoms with Gasteiger partial charge in [0.15, 0.2) is 5.67 Å². The van der Waals surface area contributed by atoms with Crippen LogP contribution in [0, 0.1) is 0 Å². The molecule has 2 rings (SSSR count). The van der Waals surface area contributed by atoms with Gasteiger partial charge in [-0.05, 0) is 32.9 Å². The second-order valence-electron chi connectivity index (χ2n) is 6.23. The second-order valence-corrected chi connectivity index (χ2v) is 6.23. The van der Waals surface area contributed by atoms with E-state index in [1.807, 2.05) is 0 Å². The summed E-state index contributed by atoms with van der Waals surface area (Å²) in [5, 5.41) is 0. The summed E-state index contributed by atoms with van der Waals surface area (Å²) >= 11 is 0. The van der Waals surface area contributed by atoms with Gasteiger partial charge < -0.3 is 14.4 Å². The largest absolute Gasteiger partial charge is 0.465 e. The van der Waals surface area contributed by atoms with Crippen molar-refractivity contribution in [3.8, 4) is 0 Å². The van der Waals surface area contributed by atoms with Gasteiger partial charge in [0.2, 0.25) is 0 Å². The Bertz CT molecular complexity index is 574. The molecule has 22 heavy (non-hydrogen) atoms. The number of alkyl halides is 1. The van der Waals surface area contributed by atoms with Gasteiger partial charge in [0.25, 0.3) is 0 Å². The monoisotopic (exact) mass is 310 g/mol. The number of aromatic nitrogens is 1. The molecular formula is C15H19FN2O4. The molecule has 1 aromatic rings. The molecule has 120 valence electrons. The summed E-state index contributed by atoms with van der Waals surface area (Å²) in [4.78, 5) is 28.3. The van der Waals surface area contributed by atoms with Gasteiger partial charge in [0, 0.05) is 6.20 Å². The number of pyridine rings is 1. The number of carbonyl (C=O) groups excluding carboxylic acids is 2. The lowest BCUT2D eigenvalue weighted by Gasteiger charge is -2.43. The molecular weight excluding hydrogens is 291 g/mol. The van der Waals surface area contributed by atoms with Crippen molar-refractivity contribution >= 4 is 12.1 Å². The van der Waals surface area contributed by atoms with E-state index in [1.54, 1.807) is 20.8 Å². The fraction of sp³-hybridized carbons (Fsp3) is 0.533. The van der Waals surface area contributed by atoms with E-state index in [0.29, 0.717) is 0 Å². The van der Waals surface area contributed by atoms with Gasteiger partial charge in [-0.25, -0.2) is 14.0 Å². The zero-order valence-electron chi connectivity index (χ0n) is 13.1. The lowest BCUT2D eigenvalue weighted by Crippen LogP contribution is -2.59. The van der Waals surface area contributed by atoms with Gasteiger partial charge in [-0.2, -0.15) is 0 Å². The van der Waals surface area contributed by atoms with Crippen molar-refractivity contribution in [2.75, 3.05) is 20.2 Å². The van der Waals surface area contributed by atoms with Crippen LogP contribution in [0.25, 0.3) is 0 Å². The molecule has 0 saturated carbocycles. The van der Waals surface area contributed by atoms with Crippen molar-refractivity contribution < 1.29 is 23.5 Å². The minimum atomic E-state index is -1.72. The Morgan fingerprint density at radius 3 is 2.41 bits per heavy atom. The Hall–Kier alpha value is -2.18. The third-order valence-electron chi connectivity index (χ3n) is 3.18. The molecule has 0 unspecified atom stereocenters. The zero-order valence-corrected chi connectivity index (χ0v) is 13.1. The first kappa shape index (κ1) is 16.2. The van der Waals surface area contributed by atoms with E-state index in [9.17, 15) is 14.0 Å². The molecule has 1 saturated heterocycles. The van der Waals surface area contributed by atoms with Gasteiger partial charge in [-0.3, -0.25) is 4.98 Å². The van der Waals surface area contributed by atoms with Crippen molar-refractivity contribution in [2.24, 2.45) is 0 Å². The van der Waals surface area contributed by atoms with Crippen LogP contribution in [0.1, 0.15) is 36.8 Å². The maximum Gasteiger partial charge on any atom is 0.410 e. The number of likely N-dealkylation sites (tertiary alicyclic amines) is 1. The summed E-state index contributed by atoms with van der Waals surface area (Å²) in [5.41, 5.74) is -1.91. The fourth-order valence-electron chi connectivity index (χ4n) is 2.07. The fourth-order valence-corrected chi connectivity index (χ4v) is 2.07. The van der Waals surface area contributed by atoms with Crippen LogP contribution in [-0.2, 0) is 15.1 Å². The molecule has 1 aliphatic heterocycles. The lowest BCUT2D eigenvalue weighted by molar-refractivity contribution is -0.0556. The highest BCUT2D eigenvalue weighted by molar-refractivity contribution is 5.88. The predicted molar refractivity (Wildman–Crippen MR) is 76.2 cm³/mol. The summed E-state index contributed by atoms with van der Waals surface area (Å²) in [5.74, 6) is -0.532. The Labute approximate surface area is 128 Å². The number of rotatable bonds is 2. The molecule has 0 bridgehead atoms. The molecule has 1 aliphatic rings. The Kier molecular flexibility index (Phi) is 4.08. The zero-order chi connectivity index (χ0) is 16.5. The van der Waals surface area contributed by atoms with Gasteiger partial charge in [-0.1, -0.05) is 0 Å². The first-order valence-corrected chi connectivity index (χ1v) is 6.86. The topological polar surface area (TPSA) is 68.7 Å². The normalized spacial score (nSPS) is 16.7. The molecule has 1 amide bonds. The number of hydrogen-bond acceptors (Lipinski definition) is 5. The number of nitrogens with zero attached hydrogens (tertiary/aromatic N) is 2. The van der Waals surface area contributed by atoms with Crippen molar-refractivity contribution in [3.05, 3.63) is 29.6 Å². The Balaban J connectivity index is 2.00. The third-order valence-corrected chi connectivity index (χ3v) is 3.18. The number of esters is 1. The molecule has 0 N–H and O–H groups in total. The van der Waals surface area contributed by atoms with Crippen LogP contribution in [0.15, 0.2) is 18.3 Å². The molecule has 0 radical (unpaired) electrons. The molecule has 1 fully saturated rings. The predicted octanol–water partition coefficient (Wildman–Crippen LogP) is 2.28. The van der Waals surface area contributed by atoms with E-state index in [0.717, 1.165) is 0 Å². The average molecular weight is 310 g/mol. The van der Waals surface area contributed by atoms with E-state index >= 15 is 0 Å². The molecule has 7 heteroatoms. The number of methoxy groups -OCH3 is 1. The van der Waals surface area contributed by atoms with Crippen LogP contribution in [0.5, 0.6) is 0 Å². The van der Waals surface area contributed by atoms with E-state index in [2.05, 4.69) is 9.72 Å². The van der Waals surface area contributed by atoms with Crippen molar-refractivity contribution in [3.63, 3.8) is 0 Å². The maximum atomic E-state index is 14.7. The highest BCUT2D eigenvalue weighted by Gasteiger charge is 2.49. The first-order valence-electron chi connectivity index (χ1n) is 6.86. The summed E-state index contributed by atoms with van der Waals surface area (Å²) in [6, 6.07) is 2.88. The van der Waals surface area contributed by atoms with E-state index < -0.39 is 23.3 Å². The van der Waals surface area contributed by atoms with Gasteiger partial charge in [-0.15, -0.1) is 0 Å². The van der Waals surface area contributed by atoms with E-state index in [1.165, 1.54) is 30.3 Å². The van der Waals surface area contributed by atoms with E-state index in [-0.39, 0.29) is 24.3 Å². The standard InChI is InChI=1S/C15H19FN2O4/c1-14(2,3)22-13(20)18-8-15(16,9-18)11-6-5-10(7-17-11)12(19)21-4/h5-7H,8-9H2,1-4H3. The average Bonchev–Trinajstić information content (AvgIpc) is 2.41. The van der Waals surface area contributed by atoms with Crippen LogP contribution in [0.3, 0.4) is 0 Å². The smallest absolute Gasteiger partial charge is 0.410 e. The summed E-state index contributed by atoms with van der Waals surface area (Å²) in [6.07, 6.45) is 0.713. The molecule has 2 heterocycles. The van der Waals surface area contributed by atoms with Crippen molar-refractivity contribution in [1.29, 1.82) is 0 Å². The minimum Gasteiger partial charge on any atom is -0.465 e.